The Morgan fingerprint density at radius 1 is 1.37 bits per heavy atom. The molecule has 7 heteroatoms. The third-order valence-corrected chi connectivity index (χ3v) is 5.69. The number of aryl methyl sites for hydroxylation is 1. The van der Waals surface area contributed by atoms with Crippen LogP contribution in [0.4, 0.5) is 0 Å². The number of rotatable bonds is 5. The van der Waals surface area contributed by atoms with Gasteiger partial charge >= 0.3 is 0 Å². The maximum absolute atomic E-state index is 12.1. The van der Waals surface area contributed by atoms with Crippen LogP contribution in [0.3, 0.4) is 0 Å². The summed E-state index contributed by atoms with van der Waals surface area (Å²) in [5, 5.41) is 0. The van der Waals surface area contributed by atoms with E-state index in [1.54, 1.807) is 30.6 Å². The van der Waals surface area contributed by atoms with Gasteiger partial charge in [-0.2, -0.15) is 0 Å². The molecule has 0 unspecified atom stereocenters. The molecule has 0 aliphatic rings. The number of hydrogen-bond acceptors (Lipinski definition) is 5. The second-order valence-corrected chi connectivity index (χ2v) is 7.21. The van der Waals surface area contributed by atoms with Gasteiger partial charge < -0.3 is 5.73 Å². The van der Waals surface area contributed by atoms with Crippen LogP contribution in [-0.2, 0) is 23.1 Å². The molecule has 0 saturated heterocycles. The highest BCUT2D eigenvalue weighted by atomic mass is 32.2. The third kappa shape index (κ3) is 3.38. The zero-order chi connectivity index (χ0) is 13.9. The molecule has 0 amide bonds. The largest absolute Gasteiger partial charge is 0.326 e. The van der Waals surface area contributed by atoms with E-state index < -0.39 is 10.0 Å². The zero-order valence-corrected chi connectivity index (χ0v) is 12.1. The molecule has 0 bridgehead atoms. The minimum absolute atomic E-state index is 0.256. The van der Waals surface area contributed by atoms with Crippen molar-refractivity contribution in [3.05, 3.63) is 46.6 Å². The van der Waals surface area contributed by atoms with Crippen molar-refractivity contribution in [2.45, 2.75) is 24.2 Å². The summed E-state index contributed by atoms with van der Waals surface area (Å²) in [6.07, 6.45) is 3.36. The number of sulfonamides is 1. The molecule has 0 aliphatic carbocycles. The van der Waals surface area contributed by atoms with Crippen LogP contribution in [-0.4, -0.2) is 13.4 Å². The quantitative estimate of drug-likeness (QED) is 0.873. The fourth-order valence-electron chi connectivity index (χ4n) is 1.56. The molecule has 0 aromatic carbocycles. The van der Waals surface area contributed by atoms with Crippen molar-refractivity contribution >= 4 is 21.4 Å². The SMILES string of the molecule is Cc1cnccc1CNS(=O)(=O)c1ccc(CN)s1. The molecule has 19 heavy (non-hydrogen) atoms. The number of nitrogens with one attached hydrogen (secondary N) is 1. The summed E-state index contributed by atoms with van der Waals surface area (Å²) in [4.78, 5) is 4.82. The van der Waals surface area contributed by atoms with Crippen molar-refractivity contribution in [2.75, 3.05) is 0 Å². The molecule has 2 aromatic heterocycles. The van der Waals surface area contributed by atoms with Gasteiger partial charge in [-0.15, -0.1) is 11.3 Å². The minimum Gasteiger partial charge on any atom is -0.326 e. The van der Waals surface area contributed by atoms with Gasteiger partial charge in [0.15, 0.2) is 0 Å². The highest BCUT2D eigenvalue weighted by molar-refractivity contribution is 7.91. The van der Waals surface area contributed by atoms with E-state index in [1.165, 1.54) is 11.3 Å². The molecular formula is C12H15N3O2S2. The molecule has 0 aliphatic heterocycles. The van der Waals surface area contributed by atoms with Crippen molar-refractivity contribution in [3.63, 3.8) is 0 Å². The van der Waals surface area contributed by atoms with Crippen LogP contribution in [0.25, 0.3) is 0 Å². The molecule has 2 aromatic rings. The Labute approximate surface area is 116 Å². The van der Waals surface area contributed by atoms with Crippen molar-refractivity contribution < 1.29 is 8.42 Å². The Morgan fingerprint density at radius 3 is 2.79 bits per heavy atom. The lowest BCUT2D eigenvalue weighted by Crippen LogP contribution is -2.22. The molecule has 0 fully saturated rings. The molecule has 2 rings (SSSR count). The van der Waals surface area contributed by atoms with Gasteiger partial charge in [-0.1, -0.05) is 0 Å². The lowest BCUT2D eigenvalue weighted by molar-refractivity contribution is 0.583. The average Bonchev–Trinajstić information content (AvgIpc) is 2.87. The van der Waals surface area contributed by atoms with Crippen LogP contribution < -0.4 is 10.5 Å². The first kappa shape index (κ1) is 14.1. The van der Waals surface area contributed by atoms with Crippen molar-refractivity contribution in [1.82, 2.24) is 9.71 Å². The first-order valence-electron chi connectivity index (χ1n) is 5.71. The van der Waals surface area contributed by atoms with Gasteiger partial charge in [-0.05, 0) is 36.2 Å². The molecule has 0 atom stereocenters. The Kier molecular flexibility index (Phi) is 4.31. The molecule has 0 radical (unpaired) electrons. The number of aromatic nitrogens is 1. The molecule has 0 spiro atoms. The normalized spacial score (nSPS) is 11.7. The first-order valence-corrected chi connectivity index (χ1v) is 8.01. The third-order valence-electron chi connectivity index (χ3n) is 2.69. The molecule has 102 valence electrons. The second kappa shape index (κ2) is 5.79. The summed E-state index contributed by atoms with van der Waals surface area (Å²) in [5.74, 6) is 0. The number of thiophene rings is 1. The standard InChI is InChI=1S/C12H15N3O2S2/c1-9-7-14-5-4-10(9)8-15-19(16,17)12-3-2-11(6-13)18-12/h2-5,7,15H,6,8,13H2,1H3. The van der Waals surface area contributed by atoms with Crippen molar-refractivity contribution in [3.8, 4) is 0 Å². The van der Waals surface area contributed by atoms with Crippen LogP contribution in [0.2, 0.25) is 0 Å². The number of nitrogens with zero attached hydrogens (tertiary/aromatic N) is 1. The minimum atomic E-state index is -3.47. The van der Waals surface area contributed by atoms with E-state index in [-0.39, 0.29) is 6.54 Å². The molecular weight excluding hydrogens is 282 g/mol. The average molecular weight is 297 g/mol. The lowest BCUT2D eigenvalue weighted by atomic mass is 10.2. The van der Waals surface area contributed by atoms with Crippen LogP contribution in [0.5, 0.6) is 0 Å². The van der Waals surface area contributed by atoms with Gasteiger partial charge in [0.2, 0.25) is 10.0 Å². The van der Waals surface area contributed by atoms with Gasteiger partial charge in [-0.25, -0.2) is 13.1 Å². The van der Waals surface area contributed by atoms with Gasteiger partial charge in [0, 0.05) is 30.4 Å². The van der Waals surface area contributed by atoms with E-state index in [0.717, 1.165) is 16.0 Å². The van der Waals surface area contributed by atoms with Crippen LogP contribution in [0.1, 0.15) is 16.0 Å². The highest BCUT2D eigenvalue weighted by Crippen LogP contribution is 2.21. The second-order valence-electron chi connectivity index (χ2n) is 4.05. The summed E-state index contributed by atoms with van der Waals surface area (Å²) >= 11 is 1.19. The Morgan fingerprint density at radius 2 is 2.16 bits per heavy atom. The molecule has 2 heterocycles. The predicted molar refractivity (Wildman–Crippen MR) is 75.2 cm³/mol. The van der Waals surface area contributed by atoms with Crippen molar-refractivity contribution in [1.29, 1.82) is 0 Å². The van der Waals surface area contributed by atoms with Crippen LogP contribution >= 0.6 is 11.3 Å². The molecule has 5 nitrogen and oxygen atoms in total. The van der Waals surface area contributed by atoms with Crippen molar-refractivity contribution in [2.24, 2.45) is 5.73 Å². The fraction of sp³-hybridized carbons (Fsp3) is 0.250. The van der Waals surface area contributed by atoms with E-state index >= 15 is 0 Å². The van der Waals surface area contributed by atoms with E-state index in [2.05, 4.69) is 9.71 Å². The Hall–Kier alpha value is -1.28. The maximum atomic E-state index is 12.1. The number of pyridine rings is 1. The van der Waals surface area contributed by atoms with Crippen LogP contribution in [0, 0.1) is 6.92 Å². The summed E-state index contributed by atoms with van der Waals surface area (Å²) in [5.41, 5.74) is 7.35. The highest BCUT2D eigenvalue weighted by Gasteiger charge is 2.16. The summed E-state index contributed by atoms with van der Waals surface area (Å²) in [7, 11) is -3.47. The predicted octanol–water partition coefficient (Wildman–Crippen LogP) is 1.39. The number of nitrogens with two attached hydrogens (primary N) is 1. The molecule has 0 saturated carbocycles. The summed E-state index contributed by atoms with van der Waals surface area (Å²) < 4.78 is 27.1. The monoisotopic (exact) mass is 297 g/mol. The van der Waals surface area contributed by atoms with Gasteiger partial charge in [0.25, 0.3) is 0 Å². The van der Waals surface area contributed by atoms with E-state index in [9.17, 15) is 8.42 Å². The van der Waals surface area contributed by atoms with Crippen LogP contribution in [0.15, 0.2) is 34.8 Å². The van der Waals surface area contributed by atoms with Gasteiger partial charge in [0.1, 0.15) is 4.21 Å². The lowest BCUT2D eigenvalue weighted by Gasteiger charge is -2.06. The topological polar surface area (TPSA) is 85.1 Å². The Bertz CT molecular complexity index is 665. The summed E-state index contributed by atoms with van der Waals surface area (Å²) in [6, 6.07) is 5.11. The maximum Gasteiger partial charge on any atom is 0.250 e. The van der Waals surface area contributed by atoms with E-state index in [4.69, 9.17) is 5.73 Å². The van der Waals surface area contributed by atoms with E-state index in [1.807, 2.05) is 6.92 Å². The first-order chi connectivity index (χ1) is 9.03. The fourth-order valence-corrected chi connectivity index (χ4v) is 3.84. The van der Waals surface area contributed by atoms with E-state index in [0.29, 0.717) is 10.8 Å². The molecule has 3 N–H and O–H groups in total. The zero-order valence-electron chi connectivity index (χ0n) is 10.5. The van der Waals surface area contributed by atoms with Gasteiger partial charge in [0.05, 0.1) is 0 Å². The van der Waals surface area contributed by atoms with Gasteiger partial charge in [-0.3, -0.25) is 4.98 Å². The number of hydrogen-bond donors (Lipinski definition) is 2. The summed E-state index contributed by atoms with van der Waals surface area (Å²) in [6.45, 7) is 2.50. The smallest absolute Gasteiger partial charge is 0.250 e. The Balaban J connectivity index is 2.12.